The van der Waals surface area contributed by atoms with Crippen LogP contribution in [0.1, 0.15) is 6.42 Å². The predicted molar refractivity (Wildman–Crippen MR) is 75.7 cm³/mol. The molecule has 0 aliphatic carbocycles. The minimum absolute atomic E-state index is 0.163. The number of halogens is 1. The van der Waals surface area contributed by atoms with Crippen molar-refractivity contribution in [1.29, 1.82) is 5.26 Å². The van der Waals surface area contributed by atoms with Crippen molar-refractivity contribution in [3.8, 4) is 17.2 Å². The van der Waals surface area contributed by atoms with E-state index >= 15 is 0 Å². The van der Waals surface area contributed by atoms with Crippen molar-refractivity contribution in [3.05, 3.63) is 53.6 Å². The van der Waals surface area contributed by atoms with Crippen LogP contribution in [0.2, 0.25) is 5.02 Å². The molecule has 0 fully saturated rings. The summed E-state index contributed by atoms with van der Waals surface area (Å²) in [4.78, 5) is 11.5. The maximum atomic E-state index is 11.5. The molecule has 2 aromatic carbocycles. The molecular weight excluding hydrogens is 260 g/mol. The van der Waals surface area contributed by atoms with E-state index in [9.17, 15) is 4.79 Å². The van der Waals surface area contributed by atoms with Crippen LogP contribution in [0.5, 0.6) is 0 Å². The molecule has 0 atom stereocenters. The molecule has 94 valence electrons. The van der Waals surface area contributed by atoms with Crippen molar-refractivity contribution < 1.29 is 4.79 Å². The minimum atomic E-state index is -0.322. The van der Waals surface area contributed by atoms with Crippen LogP contribution in [0.3, 0.4) is 0 Å². The Morgan fingerprint density at radius 1 is 1.21 bits per heavy atom. The molecule has 1 N–H and O–H groups in total. The molecule has 4 heteroatoms. The third-order valence-electron chi connectivity index (χ3n) is 2.58. The highest BCUT2D eigenvalue weighted by molar-refractivity contribution is 6.30. The Morgan fingerprint density at radius 3 is 2.74 bits per heavy atom. The van der Waals surface area contributed by atoms with Crippen molar-refractivity contribution in [2.24, 2.45) is 0 Å². The Bertz CT molecular complexity index is 647. The summed E-state index contributed by atoms with van der Waals surface area (Å²) < 4.78 is 0. The lowest BCUT2D eigenvalue weighted by Gasteiger charge is -2.10. The Kier molecular flexibility index (Phi) is 4.17. The number of carbonyl (C=O) groups excluding carboxylic acids is 1. The van der Waals surface area contributed by atoms with E-state index in [1.807, 2.05) is 42.5 Å². The van der Waals surface area contributed by atoms with E-state index in [4.69, 9.17) is 16.9 Å². The molecular formula is C15H11ClN2O. The summed E-state index contributed by atoms with van der Waals surface area (Å²) in [6.45, 7) is 0. The number of nitrogens with one attached hydrogen (secondary N) is 1. The first-order valence-corrected chi connectivity index (χ1v) is 6.10. The summed E-state index contributed by atoms with van der Waals surface area (Å²) in [6, 6.07) is 16.6. The highest BCUT2D eigenvalue weighted by Crippen LogP contribution is 2.29. The number of anilines is 1. The molecule has 0 radical (unpaired) electrons. The number of amides is 1. The fraction of sp³-hybridized carbons (Fsp3) is 0.0667. The molecule has 0 spiro atoms. The van der Waals surface area contributed by atoms with Gasteiger partial charge in [-0.15, -0.1) is 0 Å². The molecule has 3 nitrogen and oxygen atoms in total. The van der Waals surface area contributed by atoms with Crippen LogP contribution in [0.25, 0.3) is 11.1 Å². The van der Waals surface area contributed by atoms with Crippen molar-refractivity contribution in [3.63, 3.8) is 0 Å². The average molecular weight is 271 g/mol. The lowest BCUT2D eigenvalue weighted by Crippen LogP contribution is -2.10. The van der Waals surface area contributed by atoms with Crippen LogP contribution < -0.4 is 5.32 Å². The number of carbonyl (C=O) groups is 1. The maximum Gasteiger partial charge on any atom is 0.238 e. The number of hydrogen-bond donors (Lipinski definition) is 1. The molecule has 1 amide bonds. The van der Waals surface area contributed by atoms with Crippen LogP contribution in [0.4, 0.5) is 5.69 Å². The molecule has 0 unspecified atom stereocenters. The summed E-state index contributed by atoms with van der Waals surface area (Å²) in [5, 5.41) is 11.9. The fourth-order valence-electron chi connectivity index (χ4n) is 1.77. The minimum Gasteiger partial charge on any atom is -0.325 e. The summed E-state index contributed by atoms with van der Waals surface area (Å²) in [7, 11) is 0. The zero-order chi connectivity index (χ0) is 13.7. The van der Waals surface area contributed by atoms with E-state index in [0.717, 1.165) is 11.1 Å². The molecule has 19 heavy (non-hydrogen) atoms. The second kappa shape index (κ2) is 6.03. The molecule has 0 heterocycles. The smallest absolute Gasteiger partial charge is 0.238 e. The van der Waals surface area contributed by atoms with E-state index in [1.165, 1.54) is 0 Å². The summed E-state index contributed by atoms with van der Waals surface area (Å²) >= 11 is 5.97. The van der Waals surface area contributed by atoms with Gasteiger partial charge >= 0.3 is 0 Å². The Labute approximate surface area is 116 Å². The molecule has 0 aromatic heterocycles. The first-order chi connectivity index (χ1) is 9.20. The van der Waals surface area contributed by atoms with Crippen molar-refractivity contribution >= 4 is 23.2 Å². The van der Waals surface area contributed by atoms with Gasteiger partial charge in [-0.05, 0) is 23.8 Å². The van der Waals surface area contributed by atoms with E-state index in [0.29, 0.717) is 10.7 Å². The lowest BCUT2D eigenvalue weighted by molar-refractivity contribution is -0.115. The number of hydrogen-bond acceptors (Lipinski definition) is 2. The second-order valence-electron chi connectivity index (χ2n) is 3.94. The van der Waals surface area contributed by atoms with Gasteiger partial charge in [-0.25, -0.2) is 0 Å². The number of para-hydroxylation sites is 1. The molecule has 2 aromatic rings. The highest BCUT2D eigenvalue weighted by Gasteiger charge is 2.08. The SMILES string of the molecule is N#CCC(=O)Nc1ccccc1-c1cccc(Cl)c1. The highest BCUT2D eigenvalue weighted by atomic mass is 35.5. The molecule has 2 rings (SSSR count). The van der Waals surface area contributed by atoms with Gasteiger partial charge in [0.05, 0.1) is 6.07 Å². The Hall–Kier alpha value is -2.31. The number of benzene rings is 2. The molecule has 0 aliphatic rings. The second-order valence-corrected chi connectivity index (χ2v) is 4.38. The fourth-order valence-corrected chi connectivity index (χ4v) is 1.96. The van der Waals surface area contributed by atoms with E-state index in [-0.39, 0.29) is 12.3 Å². The lowest BCUT2D eigenvalue weighted by atomic mass is 10.0. The third-order valence-corrected chi connectivity index (χ3v) is 2.81. The third kappa shape index (κ3) is 3.34. The van der Waals surface area contributed by atoms with E-state index in [1.54, 1.807) is 12.1 Å². The van der Waals surface area contributed by atoms with Gasteiger partial charge < -0.3 is 5.32 Å². The standard InChI is InChI=1S/C15H11ClN2O/c16-12-5-3-4-11(10-12)13-6-1-2-7-14(13)18-15(19)8-9-17/h1-7,10H,8H2,(H,18,19). The number of nitriles is 1. The maximum absolute atomic E-state index is 11.5. The van der Waals surface area contributed by atoms with Gasteiger partial charge in [-0.2, -0.15) is 5.26 Å². The summed E-state index contributed by atoms with van der Waals surface area (Å²) in [6.07, 6.45) is -0.163. The van der Waals surface area contributed by atoms with Crippen LogP contribution >= 0.6 is 11.6 Å². The van der Waals surface area contributed by atoms with Crippen LogP contribution in [0.15, 0.2) is 48.5 Å². The molecule has 0 bridgehead atoms. The molecule has 0 aliphatic heterocycles. The average Bonchev–Trinajstić information content (AvgIpc) is 2.39. The van der Waals surface area contributed by atoms with Gasteiger partial charge in [0.25, 0.3) is 0 Å². The van der Waals surface area contributed by atoms with Gasteiger partial charge in [0, 0.05) is 16.3 Å². The van der Waals surface area contributed by atoms with Gasteiger partial charge in [-0.3, -0.25) is 4.79 Å². The van der Waals surface area contributed by atoms with Gasteiger partial charge in [0.15, 0.2) is 0 Å². The van der Waals surface area contributed by atoms with E-state index in [2.05, 4.69) is 5.32 Å². The van der Waals surface area contributed by atoms with E-state index < -0.39 is 0 Å². The number of rotatable bonds is 3. The predicted octanol–water partition coefficient (Wildman–Crippen LogP) is 3.86. The topological polar surface area (TPSA) is 52.9 Å². The first-order valence-electron chi connectivity index (χ1n) is 5.72. The van der Waals surface area contributed by atoms with Gasteiger partial charge in [0.1, 0.15) is 6.42 Å². The monoisotopic (exact) mass is 270 g/mol. The summed E-state index contributed by atoms with van der Waals surface area (Å²) in [5.41, 5.74) is 2.46. The van der Waals surface area contributed by atoms with Crippen molar-refractivity contribution in [1.82, 2.24) is 0 Å². The Morgan fingerprint density at radius 2 is 2.00 bits per heavy atom. The van der Waals surface area contributed by atoms with Crippen LogP contribution in [-0.2, 0) is 4.79 Å². The molecule has 0 saturated heterocycles. The van der Waals surface area contributed by atoms with Crippen LogP contribution in [0, 0.1) is 11.3 Å². The normalized spacial score (nSPS) is 9.68. The van der Waals surface area contributed by atoms with Gasteiger partial charge in [-0.1, -0.05) is 41.9 Å². The largest absolute Gasteiger partial charge is 0.325 e. The summed E-state index contributed by atoms with van der Waals surface area (Å²) in [5.74, 6) is -0.322. The quantitative estimate of drug-likeness (QED) is 0.921. The molecule has 0 saturated carbocycles. The van der Waals surface area contributed by atoms with Gasteiger partial charge in [0.2, 0.25) is 5.91 Å². The Balaban J connectivity index is 2.36. The first kappa shape index (κ1) is 13.1. The zero-order valence-electron chi connectivity index (χ0n) is 10.1. The zero-order valence-corrected chi connectivity index (χ0v) is 10.8. The van der Waals surface area contributed by atoms with Crippen LogP contribution in [-0.4, -0.2) is 5.91 Å². The number of nitrogens with zero attached hydrogens (tertiary/aromatic N) is 1. The van der Waals surface area contributed by atoms with Crippen molar-refractivity contribution in [2.75, 3.05) is 5.32 Å². The van der Waals surface area contributed by atoms with Crippen molar-refractivity contribution in [2.45, 2.75) is 6.42 Å².